The second kappa shape index (κ2) is 7.84. The van der Waals surface area contributed by atoms with E-state index in [0.29, 0.717) is 18.7 Å². The Morgan fingerprint density at radius 2 is 2.00 bits per heavy atom. The zero-order chi connectivity index (χ0) is 20.5. The third-order valence-corrected chi connectivity index (χ3v) is 6.48. The van der Waals surface area contributed by atoms with Crippen molar-refractivity contribution in [2.24, 2.45) is 16.7 Å². The van der Waals surface area contributed by atoms with Gasteiger partial charge in [0.25, 0.3) is 0 Å². The quantitative estimate of drug-likeness (QED) is 0.831. The number of likely N-dealkylation sites (tertiary alicyclic amines) is 1. The largest absolute Gasteiger partial charge is 0.354 e. The number of benzene rings is 1. The zero-order valence-corrected chi connectivity index (χ0v) is 17.6. The van der Waals surface area contributed by atoms with Gasteiger partial charge >= 0.3 is 0 Å². The van der Waals surface area contributed by atoms with Gasteiger partial charge in [-0.25, -0.2) is 4.39 Å². The average molecular weight is 389 g/mol. The molecule has 0 aromatic heterocycles. The lowest BCUT2D eigenvalue weighted by atomic mass is 9.81. The Balaban J connectivity index is 1.63. The van der Waals surface area contributed by atoms with Gasteiger partial charge in [-0.1, -0.05) is 46.2 Å². The fraction of sp³-hybridized carbons (Fsp3) is 0.652. The number of hydrogen-bond donors (Lipinski definition) is 1. The highest BCUT2D eigenvalue weighted by molar-refractivity contribution is 5.81. The maximum absolute atomic E-state index is 13.4. The van der Waals surface area contributed by atoms with E-state index in [0.717, 1.165) is 25.7 Å². The van der Waals surface area contributed by atoms with Crippen molar-refractivity contribution in [3.63, 3.8) is 0 Å². The molecule has 1 aliphatic heterocycles. The van der Waals surface area contributed by atoms with Crippen molar-refractivity contribution in [2.75, 3.05) is 13.1 Å². The highest BCUT2D eigenvalue weighted by Crippen LogP contribution is 2.42. The Kier molecular flexibility index (Phi) is 5.83. The molecule has 2 atom stereocenters. The number of nitrogens with one attached hydrogen (secondary N) is 1. The van der Waals surface area contributed by atoms with Crippen LogP contribution >= 0.6 is 0 Å². The van der Waals surface area contributed by atoms with E-state index in [4.69, 9.17) is 0 Å². The van der Waals surface area contributed by atoms with Crippen molar-refractivity contribution in [1.82, 2.24) is 10.2 Å². The molecule has 2 aliphatic rings. The van der Waals surface area contributed by atoms with E-state index in [1.54, 1.807) is 12.1 Å². The molecular formula is C23H33FN2O2. The second-order valence-corrected chi connectivity index (χ2v) is 10.0. The molecule has 1 saturated carbocycles. The van der Waals surface area contributed by atoms with E-state index >= 15 is 0 Å². The lowest BCUT2D eigenvalue weighted by Gasteiger charge is -2.28. The van der Waals surface area contributed by atoms with Crippen molar-refractivity contribution < 1.29 is 14.0 Å². The average Bonchev–Trinajstić information content (AvgIpc) is 3.10. The van der Waals surface area contributed by atoms with Crippen LogP contribution in [0.1, 0.15) is 58.9 Å². The molecule has 0 radical (unpaired) electrons. The molecular weight excluding hydrogens is 355 g/mol. The van der Waals surface area contributed by atoms with E-state index in [1.165, 1.54) is 12.1 Å². The van der Waals surface area contributed by atoms with Crippen LogP contribution in [0, 0.1) is 22.6 Å². The van der Waals surface area contributed by atoms with Crippen LogP contribution < -0.4 is 5.32 Å². The molecule has 2 amide bonds. The van der Waals surface area contributed by atoms with Crippen LogP contribution in [0.5, 0.6) is 0 Å². The number of amides is 2. The molecule has 1 aromatic carbocycles. The molecule has 1 aromatic rings. The van der Waals surface area contributed by atoms with Crippen molar-refractivity contribution in [3.05, 3.63) is 35.6 Å². The Morgan fingerprint density at radius 1 is 1.25 bits per heavy atom. The lowest BCUT2D eigenvalue weighted by Crippen LogP contribution is -2.46. The van der Waals surface area contributed by atoms with E-state index in [9.17, 15) is 14.0 Å². The summed E-state index contributed by atoms with van der Waals surface area (Å²) < 4.78 is 13.4. The maximum atomic E-state index is 13.4. The van der Waals surface area contributed by atoms with Crippen LogP contribution in [-0.2, 0) is 16.0 Å². The van der Waals surface area contributed by atoms with Gasteiger partial charge in [-0.15, -0.1) is 0 Å². The van der Waals surface area contributed by atoms with Gasteiger partial charge in [0, 0.05) is 25.0 Å². The topological polar surface area (TPSA) is 49.4 Å². The van der Waals surface area contributed by atoms with Gasteiger partial charge < -0.3 is 10.2 Å². The molecule has 0 spiro atoms. The molecule has 1 saturated heterocycles. The summed E-state index contributed by atoms with van der Waals surface area (Å²) in [6, 6.07) is 6.20. The molecule has 2 unspecified atom stereocenters. The first-order valence-corrected chi connectivity index (χ1v) is 10.4. The minimum Gasteiger partial charge on any atom is -0.354 e. The number of nitrogens with zero attached hydrogens (tertiary/aromatic N) is 1. The van der Waals surface area contributed by atoms with E-state index in [1.807, 2.05) is 4.90 Å². The van der Waals surface area contributed by atoms with E-state index < -0.39 is 0 Å². The Labute approximate surface area is 167 Å². The summed E-state index contributed by atoms with van der Waals surface area (Å²) >= 11 is 0. The fourth-order valence-electron chi connectivity index (χ4n) is 4.95. The van der Waals surface area contributed by atoms with E-state index in [-0.39, 0.29) is 46.8 Å². The molecule has 4 nitrogen and oxygen atoms in total. The predicted molar refractivity (Wildman–Crippen MR) is 108 cm³/mol. The van der Waals surface area contributed by atoms with Gasteiger partial charge in [-0.05, 0) is 47.8 Å². The molecule has 154 valence electrons. The van der Waals surface area contributed by atoms with Crippen molar-refractivity contribution in [2.45, 2.75) is 65.8 Å². The molecule has 1 heterocycles. The SMILES string of the molecule is CC1(C)CC(CNC(=O)C2CCCC2(C)C)N(C(=O)Cc2cccc(F)c2)C1. The number of halogens is 1. The third-order valence-electron chi connectivity index (χ3n) is 6.48. The fourth-order valence-corrected chi connectivity index (χ4v) is 4.95. The Hall–Kier alpha value is -1.91. The minimum absolute atomic E-state index is 0.00313. The zero-order valence-electron chi connectivity index (χ0n) is 17.6. The number of hydrogen-bond acceptors (Lipinski definition) is 2. The van der Waals surface area contributed by atoms with Crippen molar-refractivity contribution >= 4 is 11.8 Å². The molecule has 1 N–H and O–H groups in total. The van der Waals surface area contributed by atoms with E-state index in [2.05, 4.69) is 33.0 Å². The smallest absolute Gasteiger partial charge is 0.227 e. The summed E-state index contributed by atoms with van der Waals surface area (Å²) in [5.74, 6) is -0.158. The van der Waals surface area contributed by atoms with Gasteiger partial charge in [-0.3, -0.25) is 9.59 Å². The number of carbonyl (C=O) groups is 2. The first-order valence-electron chi connectivity index (χ1n) is 10.4. The molecule has 1 aliphatic carbocycles. The van der Waals surface area contributed by atoms with Gasteiger partial charge in [0.1, 0.15) is 5.82 Å². The molecule has 3 rings (SSSR count). The Morgan fingerprint density at radius 3 is 2.64 bits per heavy atom. The first kappa shape index (κ1) is 20.8. The van der Waals surface area contributed by atoms with Gasteiger partial charge in [0.2, 0.25) is 11.8 Å². The summed E-state index contributed by atoms with van der Waals surface area (Å²) in [7, 11) is 0. The van der Waals surface area contributed by atoms with Crippen molar-refractivity contribution in [3.8, 4) is 0 Å². The third kappa shape index (κ3) is 4.73. The summed E-state index contributed by atoms with van der Waals surface area (Å²) in [4.78, 5) is 27.5. The lowest BCUT2D eigenvalue weighted by molar-refractivity contribution is -0.133. The summed E-state index contributed by atoms with van der Waals surface area (Å²) in [5, 5.41) is 3.12. The maximum Gasteiger partial charge on any atom is 0.227 e. The number of carbonyl (C=O) groups excluding carboxylic acids is 2. The molecule has 28 heavy (non-hydrogen) atoms. The summed E-state index contributed by atoms with van der Waals surface area (Å²) in [6.45, 7) is 9.78. The molecule has 0 bridgehead atoms. The minimum atomic E-state index is -0.324. The summed E-state index contributed by atoms with van der Waals surface area (Å²) in [6.07, 6.45) is 4.17. The van der Waals surface area contributed by atoms with Crippen molar-refractivity contribution in [1.29, 1.82) is 0 Å². The van der Waals surface area contributed by atoms with Gasteiger partial charge in [-0.2, -0.15) is 0 Å². The van der Waals surface area contributed by atoms with Crippen LogP contribution in [-0.4, -0.2) is 35.8 Å². The second-order valence-electron chi connectivity index (χ2n) is 10.0. The van der Waals surface area contributed by atoms with Crippen LogP contribution in [0.25, 0.3) is 0 Å². The standard InChI is InChI=1S/C23H33FN2O2/c1-22(2)13-18(14-25-21(28)19-9-6-10-23(19,3)4)26(15-22)20(27)12-16-7-5-8-17(24)11-16/h5,7-8,11,18-19H,6,9-10,12-15H2,1-4H3,(H,25,28). The normalized spacial score (nSPS) is 25.7. The molecule has 5 heteroatoms. The van der Waals surface area contributed by atoms with Crippen LogP contribution in [0.15, 0.2) is 24.3 Å². The van der Waals surface area contributed by atoms with Crippen LogP contribution in [0.3, 0.4) is 0 Å². The van der Waals surface area contributed by atoms with Gasteiger partial charge in [0.05, 0.1) is 6.42 Å². The number of rotatable bonds is 5. The monoisotopic (exact) mass is 388 g/mol. The van der Waals surface area contributed by atoms with Crippen LogP contribution in [0.2, 0.25) is 0 Å². The highest BCUT2D eigenvalue weighted by Gasteiger charge is 2.42. The first-order chi connectivity index (χ1) is 13.1. The van der Waals surface area contributed by atoms with Crippen LogP contribution in [0.4, 0.5) is 4.39 Å². The summed E-state index contributed by atoms with van der Waals surface area (Å²) in [5.41, 5.74) is 0.746. The van der Waals surface area contributed by atoms with Gasteiger partial charge in [0.15, 0.2) is 0 Å². The highest BCUT2D eigenvalue weighted by atomic mass is 19.1. The Bertz CT molecular complexity index is 744. The predicted octanol–water partition coefficient (Wildman–Crippen LogP) is 3.94. The molecule has 2 fully saturated rings.